The van der Waals surface area contributed by atoms with Crippen molar-refractivity contribution in [2.45, 2.75) is 6.92 Å². The third-order valence-corrected chi connectivity index (χ3v) is 2.10. The van der Waals surface area contributed by atoms with Crippen molar-refractivity contribution >= 4 is 0 Å². The Labute approximate surface area is 81.8 Å². The van der Waals surface area contributed by atoms with Gasteiger partial charge in [-0.3, -0.25) is 9.67 Å². The largest absolute Gasteiger partial charge is 0.504 e. The molecule has 0 unspecified atom stereocenters. The molecular formula is C10H11N3O. The maximum absolute atomic E-state index is 9.75. The van der Waals surface area contributed by atoms with E-state index in [2.05, 4.69) is 10.1 Å². The van der Waals surface area contributed by atoms with Crippen LogP contribution in [0, 0.1) is 6.92 Å². The number of rotatable bonds is 1. The van der Waals surface area contributed by atoms with Crippen molar-refractivity contribution in [1.29, 1.82) is 0 Å². The van der Waals surface area contributed by atoms with E-state index in [-0.39, 0.29) is 5.75 Å². The standard InChI is InChI=1S/C10H11N3O/c1-7-10(14)9(13(2)12-7)8-5-3-4-6-11-8/h3-6,14H,1-2H3. The van der Waals surface area contributed by atoms with Gasteiger partial charge in [-0.05, 0) is 19.1 Å². The molecule has 2 aromatic heterocycles. The average molecular weight is 189 g/mol. The van der Waals surface area contributed by atoms with Gasteiger partial charge in [0.05, 0.1) is 5.69 Å². The summed E-state index contributed by atoms with van der Waals surface area (Å²) in [4.78, 5) is 4.16. The van der Waals surface area contributed by atoms with E-state index in [0.29, 0.717) is 11.4 Å². The van der Waals surface area contributed by atoms with Gasteiger partial charge >= 0.3 is 0 Å². The summed E-state index contributed by atoms with van der Waals surface area (Å²) in [6.45, 7) is 1.77. The van der Waals surface area contributed by atoms with E-state index in [4.69, 9.17) is 0 Å². The summed E-state index contributed by atoms with van der Waals surface area (Å²) in [5.74, 6) is 0.200. The second-order valence-corrected chi connectivity index (χ2v) is 3.12. The van der Waals surface area contributed by atoms with Crippen molar-refractivity contribution in [2.24, 2.45) is 7.05 Å². The first-order valence-corrected chi connectivity index (χ1v) is 4.34. The van der Waals surface area contributed by atoms with E-state index < -0.39 is 0 Å². The molecule has 0 amide bonds. The molecule has 2 aromatic rings. The second-order valence-electron chi connectivity index (χ2n) is 3.12. The Hall–Kier alpha value is -1.84. The summed E-state index contributed by atoms with van der Waals surface area (Å²) in [5.41, 5.74) is 2.00. The van der Waals surface area contributed by atoms with Crippen LogP contribution in [0.1, 0.15) is 5.69 Å². The third-order valence-electron chi connectivity index (χ3n) is 2.10. The minimum Gasteiger partial charge on any atom is -0.504 e. The fourth-order valence-corrected chi connectivity index (χ4v) is 1.44. The maximum atomic E-state index is 9.75. The fourth-order valence-electron chi connectivity index (χ4n) is 1.44. The topological polar surface area (TPSA) is 50.9 Å². The van der Waals surface area contributed by atoms with E-state index in [0.717, 1.165) is 5.69 Å². The van der Waals surface area contributed by atoms with Crippen LogP contribution in [0.3, 0.4) is 0 Å². The molecule has 0 atom stereocenters. The Morgan fingerprint density at radius 3 is 2.64 bits per heavy atom. The molecular weight excluding hydrogens is 178 g/mol. The molecule has 0 radical (unpaired) electrons. The molecule has 0 aliphatic rings. The maximum Gasteiger partial charge on any atom is 0.166 e. The molecule has 72 valence electrons. The summed E-state index contributed by atoms with van der Waals surface area (Å²) in [6, 6.07) is 5.56. The molecule has 1 N–H and O–H groups in total. The van der Waals surface area contributed by atoms with E-state index in [9.17, 15) is 5.11 Å². The van der Waals surface area contributed by atoms with Gasteiger partial charge < -0.3 is 5.11 Å². The van der Waals surface area contributed by atoms with Crippen LogP contribution >= 0.6 is 0 Å². The van der Waals surface area contributed by atoms with Crippen molar-refractivity contribution < 1.29 is 5.11 Å². The molecule has 0 saturated carbocycles. The molecule has 0 fully saturated rings. The summed E-state index contributed by atoms with van der Waals surface area (Å²) in [6.07, 6.45) is 1.69. The van der Waals surface area contributed by atoms with Gasteiger partial charge in [0.25, 0.3) is 0 Å². The van der Waals surface area contributed by atoms with Gasteiger partial charge in [-0.25, -0.2) is 0 Å². The van der Waals surface area contributed by atoms with Crippen LogP contribution in [0.5, 0.6) is 5.75 Å². The van der Waals surface area contributed by atoms with Gasteiger partial charge in [0.1, 0.15) is 11.4 Å². The molecule has 0 aromatic carbocycles. The first kappa shape index (κ1) is 8.74. The SMILES string of the molecule is Cc1nn(C)c(-c2ccccn2)c1O. The minimum atomic E-state index is 0.200. The lowest BCUT2D eigenvalue weighted by Crippen LogP contribution is -1.94. The van der Waals surface area contributed by atoms with Crippen LogP contribution in [0.2, 0.25) is 0 Å². The van der Waals surface area contributed by atoms with Gasteiger partial charge in [0.2, 0.25) is 0 Å². The van der Waals surface area contributed by atoms with Gasteiger partial charge in [-0.15, -0.1) is 0 Å². The molecule has 0 aliphatic carbocycles. The number of hydrogen-bond donors (Lipinski definition) is 1. The number of nitrogens with zero attached hydrogens (tertiary/aromatic N) is 3. The molecule has 0 spiro atoms. The molecule has 14 heavy (non-hydrogen) atoms. The Morgan fingerprint density at radius 1 is 1.36 bits per heavy atom. The first-order chi connectivity index (χ1) is 6.70. The number of hydrogen-bond acceptors (Lipinski definition) is 3. The highest BCUT2D eigenvalue weighted by atomic mass is 16.3. The normalized spacial score (nSPS) is 10.4. The fraction of sp³-hybridized carbons (Fsp3) is 0.200. The summed E-state index contributed by atoms with van der Waals surface area (Å²) < 4.78 is 1.63. The molecule has 0 bridgehead atoms. The Kier molecular flexibility index (Phi) is 1.96. The van der Waals surface area contributed by atoms with Crippen LogP contribution in [0.25, 0.3) is 11.4 Å². The van der Waals surface area contributed by atoms with Crippen molar-refractivity contribution in [3.8, 4) is 17.1 Å². The predicted molar refractivity (Wildman–Crippen MR) is 52.8 cm³/mol. The van der Waals surface area contributed by atoms with E-state index in [1.165, 1.54) is 0 Å². The van der Waals surface area contributed by atoms with Crippen LogP contribution in [-0.4, -0.2) is 19.9 Å². The van der Waals surface area contributed by atoms with E-state index in [1.807, 2.05) is 18.2 Å². The number of aromatic hydroxyl groups is 1. The zero-order chi connectivity index (χ0) is 10.1. The smallest absolute Gasteiger partial charge is 0.166 e. The number of aromatic nitrogens is 3. The number of aryl methyl sites for hydroxylation is 2. The number of pyridine rings is 1. The summed E-state index contributed by atoms with van der Waals surface area (Å²) in [5, 5.41) is 13.9. The first-order valence-electron chi connectivity index (χ1n) is 4.34. The van der Waals surface area contributed by atoms with Crippen molar-refractivity contribution in [3.63, 3.8) is 0 Å². The molecule has 0 aliphatic heterocycles. The lowest BCUT2D eigenvalue weighted by Gasteiger charge is -2.00. The molecule has 2 heterocycles. The molecule has 0 saturated heterocycles. The molecule has 4 heteroatoms. The van der Waals surface area contributed by atoms with E-state index >= 15 is 0 Å². The Morgan fingerprint density at radius 2 is 2.14 bits per heavy atom. The summed E-state index contributed by atoms with van der Waals surface area (Å²) >= 11 is 0. The lowest BCUT2D eigenvalue weighted by molar-refractivity contribution is 0.472. The highest BCUT2D eigenvalue weighted by Crippen LogP contribution is 2.29. The quantitative estimate of drug-likeness (QED) is 0.739. The molecule has 4 nitrogen and oxygen atoms in total. The van der Waals surface area contributed by atoms with Crippen LogP contribution < -0.4 is 0 Å². The highest BCUT2D eigenvalue weighted by Gasteiger charge is 2.14. The predicted octanol–water partition coefficient (Wildman–Crippen LogP) is 1.50. The Bertz CT molecular complexity index is 448. The average Bonchev–Trinajstić information content (AvgIpc) is 2.43. The van der Waals surface area contributed by atoms with Crippen molar-refractivity contribution in [3.05, 3.63) is 30.1 Å². The molecule has 2 rings (SSSR count). The van der Waals surface area contributed by atoms with Crippen molar-refractivity contribution in [1.82, 2.24) is 14.8 Å². The summed E-state index contributed by atoms with van der Waals surface area (Å²) in [7, 11) is 1.79. The third kappa shape index (κ3) is 1.25. The highest BCUT2D eigenvalue weighted by molar-refractivity contribution is 5.63. The second kappa shape index (κ2) is 3.14. The van der Waals surface area contributed by atoms with Gasteiger partial charge in [-0.1, -0.05) is 6.07 Å². The van der Waals surface area contributed by atoms with Crippen LogP contribution in [0.4, 0.5) is 0 Å². The Balaban J connectivity index is 2.62. The van der Waals surface area contributed by atoms with Crippen LogP contribution in [-0.2, 0) is 7.05 Å². The van der Waals surface area contributed by atoms with Gasteiger partial charge in [0.15, 0.2) is 5.75 Å². The van der Waals surface area contributed by atoms with Crippen LogP contribution in [0.15, 0.2) is 24.4 Å². The van der Waals surface area contributed by atoms with Gasteiger partial charge in [0, 0.05) is 13.2 Å². The lowest BCUT2D eigenvalue weighted by atomic mass is 10.2. The van der Waals surface area contributed by atoms with E-state index in [1.54, 1.807) is 24.9 Å². The van der Waals surface area contributed by atoms with Crippen molar-refractivity contribution in [2.75, 3.05) is 0 Å². The minimum absolute atomic E-state index is 0.200. The zero-order valence-corrected chi connectivity index (χ0v) is 8.10. The van der Waals surface area contributed by atoms with Gasteiger partial charge in [-0.2, -0.15) is 5.10 Å². The zero-order valence-electron chi connectivity index (χ0n) is 8.10. The monoisotopic (exact) mass is 189 g/mol.